The average molecular weight is 241 g/mol. The number of hydrogen-bond donors (Lipinski definition) is 0. The third-order valence-corrected chi connectivity index (χ3v) is 3.34. The molecule has 3 heteroatoms. The van der Waals surface area contributed by atoms with E-state index in [2.05, 4.69) is 13.0 Å². The highest BCUT2D eigenvalue weighted by Gasteiger charge is 2.41. The number of carbonyl (C=O) groups is 1. The van der Waals surface area contributed by atoms with Gasteiger partial charge in [0.15, 0.2) is 0 Å². The number of ether oxygens (including phenoxy) is 1. The second kappa shape index (κ2) is 5.68. The van der Waals surface area contributed by atoms with Gasteiger partial charge in [0.25, 0.3) is 0 Å². The van der Waals surface area contributed by atoms with Crippen molar-refractivity contribution in [2.45, 2.75) is 12.8 Å². The lowest BCUT2D eigenvalue weighted by Crippen LogP contribution is -2.28. The molecule has 3 nitrogen and oxygen atoms in total. The molecule has 0 heterocycles. The lowest BCUT2D eigenvalue weighted by molar-refractivity contribution is -0.140. The standard InChI is InChI=1S/C15H15NO2/c1-2-11-8-9-12(10-16)14(11)15(17)18-13-6-4-3-5-7-13/h3-7,9,11-12,14H,1-2,8H2. The Morgan fingerprint density at radius 1 is 1.44 bits per heavy atom. The van der Waals surface area contributed by atoms with Crippen LogP contribution in [0.25, 0.3) is 0 Å². The zero-order valence-electron chi connectivity index (χ0n) is 10.1. The molecule has 0 N–H and O–H groups in total. The first-order valence-corrected chi connectivity index (χ1v) is 6.05. The van der Waals surface area contributed by atoms with Crippen molar-refractivity contribution in [2.24, 2.45) is 17.8 Å². The molecule has 0 aromatic heterocycles. The Hall–Kier alpha value is -1.82. The van der Waals surface area contributed by atoms with Crippen LogP contribution in [-0.2, 0) is 4.79 Å². The Labute approximate surface area is 107 Å². The lowest BCUT2D eigenvalue weighted by atomic mass is 9.88. The number of benzene rings is 1. The molecule has 0 amide bonds. The predicted molar refractivity (Wildman–Crippen MR) is 67.1 cm³/mol. The molecule has 0 aliphatic heterocycles. The summed E-state index contributed by atoms with van der Waals surface area (Å²) < 4.78 is 5.32. The Morgan fingerprint density at radius 3 is 2.78 bits per heavy atom. The quantitative estimate of drug-likeness (QED) is 0.604. The highest BCUT2D eigenvalue weighted by Crippen LogP contribution is 2.38. The second-order valence-electron chi connectivity index (χ2n) is 4.43. The second-order valence-corrected chi connectivity index (χ2v) is 4.43. The van der Waals surface area contributed by atoms with Crippen LogP contribution in [0.1, 0.15) is 12.8 Å². The van der Waals surface area contributed by atoms with Gasteiger partial charge in [0, 0.05) is 0 Å². The summed E-state index contributed by atoms with van der Waals surface area (Å²) in [4.78, 5) is 12.1. The Bertz CT molecular complexity index is 449. The van der Waals surface area contributed by atoms with Crippen LogP contribution < -0.4 is 4.74 Å². The molecular weight excluding hydrogens is 226 g/mol. The molecule has 3 unspecified atom stereocenters. The van der Waals surface area contributed by atoms with Crippen LogP contribution in [0.2, 0.25) is 0 Å². The minimum Gasteiger partial charge on any atom is -0.426 e. The summed E-state index contributed by atoms with van der Waals surface area (Å²) in [7, 11) is 0. The fraction of sp³-hybridized carbons (Fsp3) is 0.333. The zero-order chi connectivity index (χ0) is 13.0. The van der Waals surface area contributed by atoms with Crippen molar-refractivity contribution in [1.29, 1.82) is 5.26 Å². The van der Waals surface area contributed by atoms with E-state index >= 15 is 0 Å². The maximum absolute atomic E-state index is 12.1. The number of esters is 1. The van der Waals surface area contributed by atoms with Gasteiger partial charge in [-0.1, -0.05) is 25.1 Å². The smallest absolute Gasteiger partial charge is 0.315 e. The summed E-state index contributed by atoms with van der Waals surface area (Å²) in [5.74, 6) is -0.421. The van der Waals surface area contributed by atoms with Gasteiger partial charge in [-0.15, -0.1) is 0 Å². The zero-order valence-corrected chi connectivity index (χ0v) is 10.1. The third-order valence-electron chi connectivity index (χ3n) is 3.34. The molecule has 0 saturated heterocycles. The monoisotopic (exact) mass is 241 g/mol. The average Bonchev–Trinajstić information content (AvgIpc) is 2.82. The first-order chi connectivity index (χ1) is 8.76. The molecular formula is C15H15NO2. The molecule has 1 saturated carbocycles. The minimum atomic E-state index is -0.382. The summed E-state index contributed by atoms with van der Waals surface area (Å²) >= 11 is 0. The van der Waals surface area contributed by atoms with E-state index in [4.69, 9.17) is 10.00 Å². The lowest BCUT2D eigenvalue weighted by Gasteiger charge is -2.18. The van der Waals surface area contributed by atoms with Gasteiger partial charge in [-0.2, -0.15) is 5.26 Å². The summed E-state index contributed by atoms with van der Waals surface area (Å²) in [6.45, 7) is 3.84. The summed E-state index contributed by atoms with van der Waals surface area (Å²) in [5, 5.41) is 9.06. The Balaban J connectivity index is 2.09. The maximum atomic E-state index is 12.1. The molecule has 1 aliphatic rings. The molecule has 2 radical (unpaired) electrons. The number of carbonyl (C=O) groups excluding carboxylic acids is 1. The molecule has 1 aromatic rings. The third kappa shape index (κ3) is 2.53. The number of hydrogen-bond acceptors (Lipinski definition) is 3. The van der Waals surface area contributed by atoms with Gasteiger partial charge in [0.2, 0.25) is 0 Å². The van der Waals surface area contributed by atoms with Gasteiger partial charge < -0.3 is 4.74 Å². The fourth-order valence-corrected chi connectivity index (χ4v) is 2.35. The van der Waals surface area contributed by atoms with E-state index < -0.39 is 0 Å². The number of nitriles is 1. The van der Waals surface area contributed by atoms with Crippen LogP contribution in [-0.4, -0.2) is 5.97 Å². The van der Waals surface area contributed by atoms with Crippen molar-refractivity contribution in [1.82, 2.24) is 0 Å². The molecule has 18 heavy (non-hydrogen) atoms. The number of nitrogens with zero attached hydrogens (tertiary/aromatic N) is 1. The number of para-hydroxylation sites is 1. The fourth-order valence-electron chi connectivity index (χ4n) is 2.35. The largest absolute Gasteiger partial charge is 0.426 e. The van der Waals surface area contributed by atoms with Crippen LogP contribution in [0.5, 0.6) is 5.75 Å². The van der Waals surface area contributed by atoms with E-state index in [1.807, 2.05) is 24.6 Å². The van der Waals surface area contributed by atoms with Gasteiger partial charge in [0.1, 0.15) is 5.75 Å². The van der Waals surface area contributed by atoms with Gasteiger partial charge >= 0.3 is 5.97 Å². The molecule has 0 spiro atoms. The SMILES string of the molecule is [CH2]CC1C[CH]C(C#N)C1C(=O)Oc1ccccc1. The van der Waals surface area contributed by atoms with Gasteiger partial charge in [-0.3, -0.25) is 4.79 Å². The predicted octanol–water partition coefficient (Wildman–Crippen LogP) is 2.80. The molecule has 3 atom stereocenters. The molecule has 0 bridgehead atoms. The maximum Gasteiger partial charge on any atom is 0.315 e. The minimum absolute atomic E-state index is 0.117. The van der Waals surface area contributed by atoms with Crippen molar-refractivity contribution in [3.8, 4) is 11.8 Å². The van der Waals surface area contributed by atoms with E-state index in [-0.39, 0.29) is 23.7 Å². The van der Waals surface area contributed by atoms with E-state index in [0.717, 1.165) is 6.42 Å². The van der Waals surface area contributed by atoms with Gasteiger partial charge in [-0.25, -0.2) is 0 Å². The van der Waals surface area contributed by atoms with Gasteiger partial charge in [-0.05, 0) is 37.3 Å². The normalized spacial score (nSPS) is 26.6. The van der Waals surface area contributed by atoms with Crippen molar-refractivity contribution < 1.29 is 9.53 Å². The summed E-state index contributed by atoms with van der Waals surface area (Å²) in [5.41, 5.74) is 0. The Kier molecular flexibility index (Phi) is 3.99. The summed E-state index contributed by atoms with van der Waals surface area (Å²) in [6, 6.07) is 11.1. The van der Waals surface area contributed by atoms with E-state index in [1.54, 1.807) is 12.1 Å². The van der Waals surface area contributed by atoms with E-state index in [1.165, 1.54) is 0 Å². The highest BCUT2D eigenvalue weighted by molar-refractivity contribution is 5.77. The first-order valence-electron chi connectivity index (χ1n) is 6.05. The molecule has 2 rings (SSSR count). The van der Waals surface area contributed by atoms with Crippen molar-refractivity contribution in [2.75, 3.05) is 0 Å². The van der Waals surface area contributed by atoms with Crippen molar-refractivity contribution >= 4 is 5.97 Å². The Morgan fingerprint density at radius 2 is 2.17 bits per heavy atom. The molecule has 92 valence electrons. The van der Waals surface area contributed by atoms with E-state index in [9.17, 15) is 4.79 Å². The first kappa shape index (κ1) is 12.6. The van der Waals surface area contributed by atoms with Crippen LogP contribution in [0.3, 0.4) is 0 Å². The van der Waals surface area contributed by atoms with Crippen LogP contribution in [0, 0.1) is 42.4 Å². The topological polar surface area (TPSA) is 50.1 Å². The molecule has 1 aromatic carbocycles. The van der Waals surface area contributed by atoms with E-state index in [0.29, 0.717) is 12.2 Å². The van der Waals surface area contributed by atoms with Crippen molar-refractivity contribution in [3.63, 3.8) is 0 Å². The molecule has 1 fully saturated rings. The number of rotatable bonds is 3. The van der Waals surface area contributed by atoms with Crippen molar-refractivity contribution in [3.05, 3.63) is 43.7 Å². The molecule has 1 aliphatic carbocycles. The summed E-state index contributed by atoms with van der Waals surface area (Å²) in [6.07, 6.45) is 3.30. The van der Waals surface area contributed by atoms with Gasteiger partial charge in [0.05, 0.1) is 17.9 Å². The highest BCUT2D eigenvalue weighted by atomic mass is 16.5. The van der Waals surface area contributed by atoms with Crippen LogP contribution in [0.15, 0.2) is 30.3 Å². The van der Waals surface area contributed by atoms with Crippen LogP contribution in [0.4, 0.5) is 0 Å². The van der Waals surface area contributed by atoms with Crippen LogP contribution >= 0.6 is 0 Å².